The first kappa shape index (κ1) is 31.9. The highest BCUT2D eigenvalue weighted by Gasteiger charge is 2.34. The molecule has 3 aromatic rings. The van der Waals surface area contributed by atoms with Gasteiger partial charge in [-0.1, -0.05) is 50.6 Å². The second-order valence-corrected chi connectivity index (χ2v) is 12.1. The van der Waals surface area contributed by atoms with Crippen LogP contribution in [0.5, 0.6) is 5.75 Å². The van der Waals surface area contributed by atoms with Gasteiger partial charge in [0.2, 0.25) is 11.8 Å². The number of sulfonamides is 1. The lowest BCUT2D eigenvalue weighted by molar-refractivity contribution is -0.140. The zero-order chi connectivity index (χ0) is 30.2. The van der Waals surface area contributed by atoms with Gasteiger partial charge in [0.25, 0.3) is 10.0 Å². The maximum atomic E-state index is 14.0. The van der Waals surface area contributed by atoms with E-state index in [9.17, 15) is 22.4 Å². The lowest BCUT2D eigenvalue weighted by Gasteiger charge is -2.33. The Kier molecular flexibility index (Phi) is 11.1. The van der Waals surface area contributed by atoms with E-state index in [-0.39, 0.29) is 35.4 Å². The van der Waals surface area contributed by atoms with Gasteiger partial charge in [0.1, 0.15) is 24.2 Å². The Morgan fingerprint density at radius 1 is 1.00 bits per heavy atom. The fraction of sp³-hybridized carbons (Fsp3) is 0.333. The Morgan fingerprint density at radius 2 is 1.63 bits per heavy atom. The Hall–Kier alpha value is -3.63. The fourth-order valence-corrected chi connectivity index (χ4v) is 5.77. The van der Waals surface area contributed by atoms with Crippen molar-refractivity contribution in [3.63, 3.8) is 0 Å². The number of carbonyl (C=O) groups excluding carboxylic acids is 2. The van der Waals surface area contributed by atoms with Crippen molar-refractivity contribution in [1.29, 1.82) is 0 Å². The molecule has 0 fully saturated rings. The number of hydrogen-bond acceptors (Lipinski definition) is 5. The molecule has 0 unspecified atom stereocenters. The minimum atomic E-state index is -4.29. The van der Waals surface area contributed by atoms with Crippen molar-refractivity contribution in [2.45, 2.75) is 44.7 Å². The summed E-state index contributed by atoms with van der Waals surface area (Å²) in [7, 11) is -2.83. The second-order valence-electron chi connectivity index (χ2n) is 9.84. The van der Waals surface area contributed by atoms with Gasteiger partial charge in [-0.25, -0.2) is 12.8 Å². The molecule has 8 nitrogen and oxygen atoms in total. The van der Waals surface area contributed by atoms with Crippen LogP contribution in [0.25, 0.3) is 0 Å². The van der Waals surface area contributed by atoms with Gasteiger partial charge < -0.3 is 15.0 Å². The maximum absolute atomic E-state index is 14.0. The van der Waals surface area contributed by atoms with Crippen molar-refractivity contribution in [1.82, 2.24) is 10.2 Å². The van der Waals surface area contributed by atoms with Crippen LogP contribution in [0.4, 0.5) is 10.1 Å². The van der Waals surface area contributed by atoms with E-state index < -0.39 is 34.3 Å². The number of hydrogen-bond donors (Lipinski definition) is 1. The lowest BCUT2D eigenvalue weighted by atomic mass is 10.1. The number of halogens is 2. The molecular weight excluding hydrogens is 569 g/mol. The summed E-state index contributed by atoms with van der Waals surface area (Å²) in [6.45, 7) is 5.44. The van der Waals surface area contributed by atoms with Crippen LogP contribution in [-0.4, -0.2) is 51.4 Å². The normalized spacial score (nSPS) is 12.1. The monoisotopic (exact) mass is 603 g/mol. The number of nitrogens with zero attached hydrogens (tertiary/aromatic N) is 2. The molecule has 1 N–H and O–H groups in total. The Balaban J connectivity index is 2.05. The molecule has 0 aliphatic carbocycles. The average Bonchev–Trinajstić information content (AvgIpc) is 2.96. The molecule has 3 aromatic carbocycles. The summed E-state index contributed by atoms with van der Waals surface area (Å²) in [6.07, 6.45) is 0.280. The van der Waals surface area contributed by atoms with Crippen LogP contribution in [0.2, 0.25) is 5.02 Å². The van der Waals surface area contributed by atoms with Crippen molar-refractivity contribution < 1.29 is 27.1 Å². The molecule has 0 aliphatic heterocycles. The predicted octanol–water partition coefficient (Wildman–Crippen LogP) is 5.26. The Labute approximate surface area is 246 Å². The molecular formula is C30H35ClFN3O5S. The molecule has 0 aliphatic rings. The number of carbonyl (C=O) groups is 2. The number of rotatable bonds is 13. The molecule has 0 heterocycles. The van der Waals surface area contributed by atoms with E-state index in [2.05, 4.69) is 5.32 Å². The smallest absolute Gasteiger partial charge is 0.264 e. The van der Waals surface area contributed by atoms with Crippen LogP contribution >= 0.6 is 11.6 Å². The van der Waals surface area contributed by atoms with E-state index in [4.69, 9.17) is 16.3 Å². The van der Waals surface area contributed by atoms with Gasteiger partial charge in [-0.05, 0) is 72.5 Å². The van der Waals surface area contributed by atoms with Crippen molar-refractivity contribution in [2.75, 3.05) is 24.5 Å². The molecule has 3 rings (SSSR count). The third-order valence-electron chi connectivity index (χ3n) is 6.41. The van der Waals surface area contributed by atoms with Crippen molar-refractivity contribution in [3.8, 4) is 5.75 Å². The third kappa shape index (κ3) is 8.20. The zero-order valence-corrected chi connectivity index (χ0v) is 25.1. The van der Waals surface area contributed by atoms with Gasteiger partial charge in [0.05, 0.1) is 17.7 Å². The van der Waals surface area contributed by atoms with E-state index in [1.54, 1.807) is 31.2 Å². The van der Waals surface area contributed by atoms with Crippen LogP contribution in [0.1, 0.15) is 32.8 Å². The van der Waals surface area contributed by atoms with Crippen LogP contribution in [0.15, 0.2) is 77.7 Å². The van der Waals surface area contributed by atoms with E-state index in [0.717, 1.165) is 16.4 Å². The number of ether oxygens (including phenoxy) is 1. The first-order valence-corrected chi connectivity index (χ1v) is 15.0. The van der Waals surface area contributed by atoms with E-state index in [0.29, 0.717) is 22.9 Å². The van der Waals surface area contributed by atoms with Crippen molar-refractivity contribution in [3.05, 3.63) is 89.2 Å². The molecule has 0 radical (unpaired) electrons. The van der Waals surface area contributed by atoms with Gasteiger partial charge in [-0.2, -0.15) is 0 Å². The highest BCUT2D eigenvalue weighted by Crippen LogP contribution is 2.27. The van der Waals surface area contributed by atoms with Crippen molar-refractivity contribution in [2.24, 2.45) is 5.92 Å². The summed E-state index contributed by atoms with van der Waals surface area (Å²) in [5.41, 5.74) is 0.689. The van der Waals surface area contributed by atoms with E-state index >= 15 is 0 Å². The highest BCUT2D eigenvalue weighted by atomic mass is 35.5. The second kappa shape index (κ2) is 14.3. The first-order valence-electron chi connectivity index (χ1n) is 13.2. The molecule has 41 heavy (non-hydrogen) atoms. The van der Waals surface area contributed by atoms with Crippen LogP contribution in [-0.2, 0) is 26.2 Å². The largest absolute Gasteiger partial charge is 0.497 e. The lowest BCUT2D eigenvalue weighted by Crippen LogP contribution is -2.52. The molecule has 0 saturated heterocycles. The third-order valence-corrected chi connectivity index (χ3v) is 8.57. The number of amides is 2. The quantitative estimate of drug-likeness (QED) is 0.287. The first-order chi connectivity index (χ1) is 19.5. The van der Waals surface area contributed by atoms with Gasteiger partial charge in [-0.3, -0.25) is 13.9 Å². The van der Waals surface area contributed by atoms with E-state index in [1.807, 2.05) is 13.8 Å². The maximum Gasteiger partial charge on any atom is 0.264 e. The predicted molar refractivity (Wildman–Crippen MR) is 158 cm³/mol. The van der Waals surface area contributed by atoms with E-state index in [1.165, 1.54) is 48.4 Å². The van der Waals surface area contributed by atoms with Crippen LogP contribution in [0.3, 0.4) is 0 Å². The fourth-order valence-electron chi connectivity index (χ4n) is 4.16. The minimum absolute atomic E-state index is 0.0219. The minimum Gasteiger partial charge on any atom is -0.497 e. The number of methoxy groups -OCH3 is 1. The van der Waals surface area contributed by atoms with Crippen LogP contribution in [0, 0.1) is 11.7 Å². The van der Waals surface area contributed by atoms with Gasteiger partial charge in [0, 0.05) is 18.1 Å². The molecule has 1 atom stereocenters. The summed E-state index contributed by atoms with van der Waals surface area (Å²) in [5, 5.41) is 3.28. The number of anilines is 1. The van der Waals surface area contributed by atoms with Crippen LogP contribution < -0.4 is 14.4 Å². The molecule has 0 aromatic heterocycles. The summed E-state index contributed by atoms with van der Waals surface area (Å²) in [6, 6.07) is 16.6. The summed E-state index contributed by atoms with van der Waals surface area (Å²) >= 11 is 6.41. The Morgan fingerprint density at radius 3 is 2.20 bits per heavy atom. The zero-order valence-electron chi connectivity index (χ0n) is 23.5. The average molecular weight is 604 g/mol. The SMILES string of the molecule is CC[C@H](C(=O)NCC(C)C)N(Cc1ccccc1Cl)C(=O)CN(c1ccc(F)cc1)S(=O)(=O)c1ccc(OC)cc1. The van der Waals surface area contributed by atoms with Crippen molar-refractivity contribution >= 4 is 39.1 Å². The molecule has 11 heteroatoms. The summed E-state index contributed by atoms with van der Waals surface area (Å²) in [5.74, 6) is -0.897. The molecule has 0 spiro atoms. The molecule has 220 valence electrons. The highest BCUT2D eigenvalue weighted by molar-refractivity contribution is 7.92. The summed E-state index contributed by atoms with van der Waals surface area (Å²) in [4.78, 5) is 28.5. The number of nitrogens with one attached hydrogen (secondary N) is 1. The Bertz CT molecular complexity index is 1430. The summed E-state index contributed by atoms with van der Waals surface area (Å²) < 4.78 is 47.5. The topological polar surface area (TPSA) is 96.0 Å². The van der Waals surface area contributed by atoms with Gasteiger partial charge in [-0.15, -0.1) is 0 Å². The molecule has 2 amide bonds. The molecule has 0 bridgehead atoms. The molecule has 0 saturated carbocycles. The van der Waals surface area contributed by atoms with Gasteiger partial charge >= 0.3 is 0 Å². The standard InChI is InChI=1S/C30H35ClFN3O5S/c1-5-28(30(37)33-18-21(2)3)34(19-22-8-6-7-9-27(22)31)29(36)20-35(24-12-10-23(32)11-13-24)41(38,39)26-16-14-25(40-4)15-17-26/h6-17,21,28H,5,18-20H2,1-4H3,(H,33,37)/t28-/m1/s1. The van der Waals surface area contributed by atoms with Gasteiger partial charge in [0.15, 0.2) is 0 Å². The number of benzene rings is 3.